The van der Waals surface area contributed by atoms with Gasteiger partial charge in [-0.25, -0.2) is 15.5 Å². The van der Waals surface area contributed by atoms with Crippen LogP contribution in [0.25, 0.3) is 0 Å². The second-order valence-corrected chi connectivity index (χ2v) is 9.35. The van der Waals surface area contributed by atoms with E-state index in [4.69, 9.17) is 5.84 Å². The van der Waals surface area contributed by atoms with Crippen LogP contribution in [0, 0.1) is 0 Å². The number of rotatable bonds is 20. The number of nitrogens with zero attached hydrogens (tertiary/aromatic N) is 1. The first-order valence-electron chi connectivity index (χ1n) is 13.6. The van der Waals surface area contributed by atoms with Crippen LogP contribution in [0.15, 0.2) is 18.2 Å². The predicted octanol–water partition coefficient (Wildman–Crippen LogP) is 5.93. The Labute approximate surface area is 211 Å². The van der Waals surface area contributed by atoms with E-state index in [1.165, 1.54) is 102 Å². The highest BCUT2D eigenvalue weighted by molar-refractivity contribution is 6.05. The van der Waals surface area contributed by atoms with Crippen LogP contribution in [0.3, 0.4) is 0 Å². The van der Waals surface area contributed by atoms with Gasteiger partial charge in [-0.05, 0) is 25.1 Å². The number of imide groups is 1. The van der Waals surface area contributed by atoms with Gasteiger partial charge in [0.1, 0.15) is 11.5 Å². The Morgan fingerprint density at radius 1 is 0.800 bits per heavy atom. The fourth-order valence-electron chi connectivity index (χ4n) is 4.15. The van der Waals surface area contributed by atoms with Gasteiger partial charge in [0.05, 0.1) is 12.2 Å². The van der Waals surface area contributed by atoms with E-state index >= 15 is 0 Å². The van der Waals surface area contributed by atoms with Crippen LogP contribution in [0.5, 0.6) is 11.5 Å². The van der Waals surface area contributed by atoms with E-state index in [9.17, 15) is 19.8 Å². The molecule has 0 bridgehead atoms. The maximum atomic E-state index is 12.6. The number of hydrogen-bond acceptors (Lipinski definition) is 6. The van der Waals surface area contributed by atoms with Crippen LogP contribution in [0.1, 0.15) is 120 Å². The number of nitrogens with two attached hydrogens (primary N) is 1. The smallest absolute Gasteiger partial charge is 0.339 e. The van der Waals surface area contributed by atoms with Gasteiger partial charge in [0.15, 0.2) is 0 Å². The Morgan fingerprint density at radius 2 is 1.29 bits per heavy atom. The van der Waals surface area contributed by atoms with Gasteiger partial charge in [0.25, 0.3) is 5.91 Å². The molecule has 8 nitrogen and oxygen atoms in total. The second kappa shape index (κ2) is 19.9. The maximum absolute atomic E-state index is 12.6. The van der Waals surface area contributed by atoms with Crippen molar-refractivity contribution in [2.45, 2.75) is 110 Å². The molecule has 0 aliphatic carbocycles. The Morgan fingerprint density at radius 3 is 1.74 bits per heavy atom. The van der Waals surface area contributed by atoms with Crippen LogP contribution < -0.4 is 16.6 Å². The highest BCUT2D eigenvalue weighted by Gasteiger charge is 2.24. The number of carbonyl (C=O) groups excluding carboxylic acids is 2. The van der Waals surface area contributed by atoms with Crippen molar-refractivity contribution in [3.05, 3.63) is 23.8 Å². The van der Waals surface area contributed by atoms with Crippen molar-refractivity contribution in [3.63, 3.8) is 0 Å². The number of nitrogens with one attached hydrogen (secondary N) is 2. The molecule has 0 heterocycles. The summed E-state index contributed by atoms with van der Waals surface area (Å²) in [5.74, 6) is 3.92. The van der Waals surface area contributed by atoms with E-state index < -0.39 is 17.7 Å². The quantitative estimate of drug-likeness (QED) is 0.0504. The molecule has 8 heteroatoms. The van der Waals surface area contributed by atoms with Crippen LogP contribution in [-0.2, 0) is 0 Å². The molecular formula is C27H48N4O4. The summed E-state index contributed by atoms with van der Waals surface area (Å²) in [5.41, 5.74) is 1.86. The van der Waals surface area contributed by atoms with E-state index in [1.807, 2.05) is 5.43 Å². The molecule has 0 fully saturated rings. The first-order chi connectivity index (χ1) is 17.0. The molecule has 0 spiro atoms. The van der Waals surface area contributed by atoms with Gasteiger partial charge in [0, 0.05) is 6.07 Å². The monoisotopic (exact) mass is 492 g/mol. The summed E-state index contributed by atoms with van der Waals surface area (Å²) in [7, 11) is 0. The molecule has 1 aromatic rings. The summed E-state index contributed by atoms with van der Waals surface area (Å²) in [6.07, 6.45) is 20.9. The fourth-order valence-corrected chi connectivity index (χ4v) is 4.15. The van der Waals surface area contributed by atoms with Crippen molar-refractivity contribution in [3.8, 4) is 11.5 Å². The molecule has 1 rings (SSSR count). The summed E-state index contributed by atoms with van der Waals surface area (Å²) in [6, 6.07) is 2.81. The molecular weight excluding hydrogens is 444 g/mol. The van der Waals surface area contributed by atoms with Gasteiger partial charge in [0.2, 0.25) is 0 Å². The Balaban J connectivity index is 2.06. The molecule has 0 saturated carbocycles. The predicted molar refractivity (Wildman–Crippen MR) is 141 cm³/mol. The molecule has 0 aliphatic rings. The molecule has 0 unspecified atom stereocenters. The average Bonchev–Trinajstić information content (AvgIpc) is 2.84. The number of urea groups is 1. The van der Waals surface area contributed by atoms with Crippen molar-refractivity contribution in [1.82, 2.24) is 15.6 Å². The molecule has 200 valence electrons. The van der Waals surface area contributed by atoms with E-state index in [0.717, 1.165) is 23.8 Å². The second-order valence-electron chi connectivity index (χ2n) is 9.35. The zero-order chi connectivity index (χ0) is 25.7. The Hall–Kier alpha value is -2.32. The number of benzene rings is 1. The highest BCUT2D eigenvalue weighted by Crippen LogP contribution is 2.23. The SMILES string of the molecule is CCCCCCCCCCCCCCCCCCNCN(C(=O)NN)C(=O)c1ccc(O)cc1O. The number of phenolic OH excluding ortho intramolecular Hbond substituents is 2. The molecule has 35 heavy (non-hydrogen) atoms. The van der Waals surface area contributed by atoms with Crippen molar-refractivity contribution in [1.29, 1.82) is 0 Å². The summed E-state index contributed by atoms with van der Waals surface area (Å²) in [4.78, 5) is 25.5. The zero-order valence-electron chi connectivity index (χ0n) is 21.7. The molecule has 1 aromatic carbocycles. The van der Waals surface area contributed by atoms with E-state index in [-0.39, 0.29) is 18.0 Å². The zero-order valence-corrected chi connectivity index (χ0v) is 21.7. The largest absolute Gasteiger partial charge is 0.508 e. The normalized spacial score (nSPS) is 10.9. The molecule has 3 amide bonds. The highest BCUT2D eigenvalue weighted by atomic mass is 16.3. The Bertz CT molecular complexity index is 714. The van der Waals surface area contributed by atoms with Gasteiger partial charge in [-0.2, -0.15) is 0 Å². The summed E-state index contributed by atoms with van der Waals surface area (Å²) >= 11 is 0. The summed E-state index contributed by atoms with van der Waals surface area (Å²) < 4.78 is 0. The fraction of sp³-hybridized carbons (Fsp3) is 0.704. The van der Waals surface area contributed by atoms with E-state index in [2.05, 4.69) is 12.2 Å². The molecule has 0 radical (unpaired) electrons. The van der Waals surface area contributed by atoms with Gasteiger partial charge < -0.3 is 10.2 Å². The number of amides is 3. The lowest BCUT2D eigenvalue weighted by atomic mass is 10.0. The van der Waals surface area contributed by atoms with Crippen molar-refractivity contribution in [2.75, 3.05) is 13.2 Å². The number of carbonyl (C=O) groups is 2. The van der Waals surface area contributed by atoms with E-state index in [0.29, 0.717) is 6.54 Å². The lowest BCUT2D eigenvalue weighted by Crippen LogP contribution is -2.50. The number of unbranched alkanes of at least 4 members (excludes halogenated alkanes) is 15. The molecule has 0 saturated heterocycles. The number of hydrazine groups is 1. The lowest BCUT2D eigenvalue weighted by Gasteiger charge is -2.21. The van der Waals surface area contributed by atoms with Gasteiger partial charge >= 0.3 is 6.03 Å². The van der Waals surface area contributed by atoms with Crippen molar-refractivity contribution >= 4 is 11.9 Å². The third kappa shape index (κ3) is 14.0. The minimum absolute atomic E-state index is 0.0269. The Kier molecular flexibility index (Phi) is 17.5. The summed E-state index contributed by atoms with van der Waals surface area (Å²) in [6.45, 7) is 2.90. The number of phenols is 2. The first kappa shape index (κ1) is 30.7. The first-order valence-corrected chi connectivity index (χ1v) is 13.6. The van der Waals surface area contributed by atoms with Crippen LogP contribution in [0.4, 0.5) is 4.79 Å². The minimum Gasteiger partial charge on any atom is -0.508 e. The molecule has 0 aliphatic heterocycles. The topological polar surface area (TPSA) is 128 Å². The van der Waals surface area contributed by atoms with Crippen molar-refractivity contribution in [2.24, 2.45) is 5.84 Å². The van der Waals surface area contributed by atoms with Crippen LogP contribution in [0.2, 0.25) is 0 Å². The van der Waals surface area contributed by atoms with Crippen molar-refractivity contribution < 1.29 is 19.8 Å². The maximum Gasteiger partial charge on any atom is 0.339 e. The number of hydrogen-bond donors (Lipinski definition) is 5. The standard InChI is InChI=1S/C27H48N4O4/c1-2-3-4-5-6-7-8-9-10-11-12-13-14-15-16-17-20-29-22-31(27(35)30-28)26(34)24-19-18-23(32)21-25(24)33/h18-19,21,29,32-33H,2-17,20,22,28H2,1H3,(H,30,35). The lowest BCUT2D eigenvalue weighted by molar-refractivity contribution is 0.0787. The minimum atomic E-state index is -0.776. The molecule has 0 atom stereocenters. The molecule has 0 aromatic heterocycles. The van der Waals surface area contributed by atoms with Gasteiger partial charge in [-0.15, -0.1) is 0 Å². The van der Waals surface area contributed by atoms with Gasteiger partial charge in [-0.1, -0.05) is 103 Å². The van der Waals surface area contributed by atoms with Crippen LogP contribution in [-0.4, -0.2) is 40.3 Å². The van der Waals surface area contributed by atoms with Gasteiger partial charge in [-0.3, -0.25) is 15.5 Å². The van der Waals surface area contributed by atoms with E-state index in [1.54, 1.807) is 0 Å². The molecule has 6 N–H and O–H groups in total. The third-order valence-electron chi connectivity index (χ3n) is 6.30. The number of aromatic hydroxyl groups is 2. The third-order valence-corrected chi connectivity index (χ3v) is 6.30. The van der Waals surface area contributed by atoms with Crippen LogP contribution >= 0.6 is 0 Å². The average molecular weight is 493 g/mol. The summed E-state index contributed by atoms with van der Waals surface area (Å²) in [5, 5.41) is 22.4.